The first-order valence-corrected chi connectivity index (χ1v) is 10.1. The monoisotopic (exact) mass is 394 g/mol. The molecule has 2 rings (SSSR count). The lowest BCUT2D eigenvalue weighted by Gasteiger charge is -2.19. The molecule has 0 radical (unpaired) electrons. The number of anilines is 1. The molecule has 0 saturated heterocycles. The minimum Gasteiger partial charge on any atom is -0.506 e. The van der Waals surface area contributed by atoms with Gasteiger partial charge in [0, 0.05) is 19.5 Å². The average molecular weight is 394 g/mol. The highest BCUT2D eigenvalue weighted by Gasteiger charge is 2.23. The van der Waals surface area contributed by atoms with Gasteiger partial charge in [0.2, 0.25) is 15.9 Å². The van der Waals surface area contributed by atoms with Gasteiger partial charge >= 0.3 is 0 Å². The summed E-state index contributed by atoms with van der Waals surface area (Å²) in [5, 5.41) is 12.4. The van der Waals surface area contributed by atoms with Crippen LogP contribution in [-0.2, 0) is 21.2 Å². The Morgan fingerprint density at radius 2 is 1.81 bits per heavy atom. The third kappa shape index (κ3) is 5.05. The topological polar surface area (TPSA) is 86.7 Å². The van der Waals surface area contributed by atoms with E-state index in [0.717, 1.165) is 0 Å². The van der Waals surface area contributed by atoms with Crippen LogP contribution in [0.2, 0.25) is 0 Å². The summed E-state index contributed by atoms with van der Waals surface area (Å²) < 4.78 is 40.1. The zero-order valence-electron chi connectivity index (χ0n) is 15.3. The summed E-state index contributed by atoms with van der Waals surface area (Å²) in [5.41, 5.74) is 0.413. The van der Waals surface area contributed by atoms with Gasteiger partial charge in [-0.05, 0) is 36.2 Å². The van der Waals surface area contributed by atoms with Gasteiger partial charge in [0.05, 0.1) is 10.6 Å². The van der Waals surface area contributed by atoms with Crippen molar-refractivity contribution in [2.75, 3.05) is 18.4 Å². The fourth-order valence-electron chi connectivity index (χ4n) is 2.65. The Kier molecular flexibility index (Phi) is 6.92. The van der Waals surface area contributed by atoms with Crippen LogP contribution in [-0.4, -0.2) is 36.8 Å². The molecule has 2 aromatic rings. The van der Waals surface area contributed by atoms with Crippen LogP contribution >= 0.6 is 0 Å². The number of rotatable bonds is 8. The summed E-state index contributed by atoms with van der Waals surface area (Å²) >= 11 is 0. The zero-order valence-corrected chi connectivity index (χ0v) is 16.1. The van der Waals surface area contributed by atoms with Crippen molar-refractivity contribution < 1.29 is 22.7 Å². The number of nitrogens with one attached hydrogen (secondary N) is 1. The van der Waals surface area contributed by atoms with Gasteiger partial charge < -0.3 is 10.4 Å². The van der Waals surface area contributed by atoms with E-state index in [4.69, 9.17) is 0 Å². The first-order chi connectivity index (χ1) is 12.8. The molecule has 0 aromatic heterocycles. The molecule has 0 aliphatic carbocycles. The highest BCUT2D eigenvalue weighted by atomic mass is 32.2. The Hall–Kier alpha value is -2.45. The van der Waals surface area contributed by atoms with Crippen molar-refractivity contribution in [2.45, 2.75) is 31.6 Å². The Bertz CT molecular complexity index is 912. The van der Waals surface area contributed by atoms with Crippen molar-refractivity contribution in [1.82, 2.24) is 4.31 Å². The predicted molar refractivity (Wildman–Crippen MR) is 102 cm³/mol. The number of aryl methyl sites for hydroxylation is 1. The molecule has 2 aromatic carbocycles. The van der Waals surface area contributed by atoms with Gasteiger partial charge in [-0.2, -0.15) is 4.31 Å². The summed E-state index contributed by atoms with van der Waals surface area (Å²) in [6.45, 7) is 4.08. The molecule has 0 spiro atoms. The van der Waals surface area contributed by atoms with Gasteiger partial charge in [-0.1, -0.05) is 32.0 Å². The molecule has 0 saturated carbocycles. The van der Waals surface area contributed by atoms with Gasteiger partial charge in [0.1, 0.15) is 11.6 Å². The van der Waals surface area contributed by atoms with Crippen LogP contribution in [0.25, 0.3) is 0 Å². The maximum atomic E-state index is 13.6. The predicted octanol–water partition coefficient (Wildman–Crippen LogP) is 3.13. The molecular weight excluding hydrogens is 371 g/mol. The van der Waals surface area contributed by atoms with Crippen LogP contribution in [0.1, 0.15) is 25.8 Å². The van der Waals surface area contributed by atoms with E-state index >= 15 is 0 Å². The van der Waals surface area contributed by atoms with Crippen molar-refractivity contribution in [3.63, 3.8) is 0 Å². The van der Waals surface area contributed by atoms with Crippen molar-refractivity contribution in [2.24, 2.45) is 0 Å². The smallest absolute Gasteiger partial charge is 0.243 e. The first kappa shape index (κ1) is 20.9. The molecule has 8 heteroatoms. The second-order valence-electron chi connectivity index (χ2n) is 5.91. The summed E-state index contributed by atoms with van der Waals surface area (Å²) in [4.78, 5) is 12.1. The van der Waals surface area contributed by atoms with Crippen LogP contribution in [0, 0.1) is 5.82 Å². The molecule has 0 atom stereocenters. The Balaban J connectivity index is 2.14. The molecule has 0 bridgehead atoms. The van der Waals surface area contributed by atoms with Crippen molar-refractivity contribution in [1.29, 1.82) is 0 Å². The summed E-state index contributed by atoms with van der Waals surface area (Å²) in [6, 6.07) is 9.91. The molecule has 0 aliphatic rings. The molecule has 146 valence electrons. The van der Waals surface area contributed by atoms with E-state index in [1.54, 1.807) is 32.0 Å². The second-order valence-corrected chi connectivity index (χ2v) is 7.85. The Labute approximate surface area is 158 Å². The summed E-state index contributed by atoms with van der Waals surface area (Å²) in [6.07, 6.45) is 0.185. The van der Waals surface area contributed by atoms with Crippen LogP contribution in [0.3, 0.4) is 0 Å². The Morgan fingerprint density at radius 3 is 2.44 bits per heavy atom. The number of benzene rings is 2. The van der Waals surface area contributed by atoms with E-state index < -0.39 is 15.9 Å². The highest BCUT2D eigenvalue weighted by Crippen LogP contribution is 2.28. The number of nitrogens with zero attached hydrogens (tertiary/aromatic N) is 1. The van der Waals surface area contributed by atoms with Crippen LogP contribution in [0.4, 0.5) is 10.1 Å². The molecule has 2 N–H and O–H groups in total. The third-order valence-electron chi connectivity index (χ3n) is 4.16. The molecule has 0 unspecified atom stereocenters. The number of aromatic hydroxyl groups is 1. The lowest BCUT2D eigenvalue weighted by Crippen LogP contribution is -2.30. The van der Waals surface area contributed by atoms with Gasteiger partial charge in [-0.3, -0.25) is 4.79 Å². The lowest BCUT2D eigenvalue weighted by molar-refractivity contribution is -0.116. The fourth-order valence-corrected chi connectivity index (χ4v) is 4.14. The standard InChI is InChI=1S/C19H23FN2O4S/c1-3-22(4-2)27(25,26)15-10-11-18(23)17(13-15)21-19(24)12-9-14-7-5-6-8-16(14)20/h5-8,10-11,13,23H,3-4,9,12H2,1-2H3,(H,21,24). The summed E-state index contributed by atoms with van der Waals surface area (Å²) in [7, 11) is -3.72. The number of carbonyl (C=O) groups is 1. The zero-order chi connectivity index (χ0) is 20.0. The number of hydrogen-bond donors (Lipinski definition) is 2. The van der Waals surface area contributed by atoms with E-state index in [9.17, 15) is 22.7 Å². The molecule has 0 fully saturated rings. The third-order valence-corrected chi connectivity index (χ3v) is 6.21. The maximum Gasteiger partial charge on any atom is 0.243 e. The maximum absolute atomic E-state index is 13.6. The highest BCUT2D eigenvalue weighted by molar-refractivity contribution is 7.89. The number of sulfonamides is 1. The number of carbonyl (C=O) groups excluding carboxylic acids is 1. The van der Waals surface area contributed by atoms with Gasteiger partial charge in [-0.15, -0.1) is 0 Å². The van der Waals surface area contributed by atoms with E-state index in [0.29, 0.717) is 18.7 Å². The molecule has 27 heavy (non-hydrogen) atoms. The second kappa shape index (κ2) is 8.96. The van der Waals surface area contributed by atoms with Crippen molar-refractivity contribution >= 4 is 21.6 Å². The molecule has 6 nitrogen and oxygen atoms in total. The largest absolute Gasteiger partial charge is 0.506 e. The minimum absolute atomic E-state index is 0.00163. The average Bonchev–Trinajstić information content (AvgIpc) is 2.63. The molecule has 0 aliphatic heterocycles. The van der Waals surface area contributed by atoms with Crippen molar-refractivity contribution in [3.05, 3.63) is 53.8 Å². The molecule has 0 heterocycles. The van der Waals surface area contributed by atoms with Crippen molar-refractivity contribution in [3.8, 4) is 5.75 Å². The lowest BCUT2D eigenvalue weighted by atomic mass is 10.1. The van der Waals surface area contributed by atoms with Gasteiger partial charge in [0.25, 0.3) is 0 Å². The summed E-state index contributed by atoms with van der Waals surface area (Å²) in [5.74, 6) is -1.08. The first-order valence-electron chi connectivity index (χ1n) is 8.66. The van der Waals surface area contributed by atoms with Gasteiger partial charge in [-0.25, -0.2) is 12.8 Å². The number of amides is 1. The number of halogens is 1. The SMILES string of the molecule is CCN(CC)S(=O)(=O)c1ccc(O)c(NC(=O)CCc2ccccc2F)c1. The van der Waals surface area contributed by atoms with E-state index in [1.807, 2.05) is 0 Å². The van der Waals surface area contributed by atoms with Gasteiger partial charge in [0.15, 0.2) is 0 Å². The minimum atomic E-state index is -3.72. The van der Waals surface area contributed by atoms with E-state index in [2.05, 4.69) is 5.32 Å². The van der Waals surface area contributed by atoms with E-state index in [1.165, 1.54) is 28.6 Å². The normalized spacial score (nSPS) is 11.6. The Morgan fingerprint density at radius 1 is 1.15 bits per heavy atom. The number of phenols is 1. The number of phenolic OH excluding ortho intramolecular Hbond substituents is 1. The quantitative estimate of drug-likeness (QED) is 0.674. The van der Waals surface area contributed by atoms with Crippen LogP contribution in [0.5, 0.6) is 5.75 Å². The van der Waals surface area contributed by atoms with E-state index in [-0.39, 0.29) is 35.0 Å². The fraction of sp³-hybridized carbons (Fsp3) is 0.316. The number of hydrogen-bond acceptors (Lipinski definition) is 4. The van der Waals surface area contributed by atoms with Crippen LogP contribution in [0.15, 0.2) is 47.4 Å². The van der Waals surface area contributed by atoms with Crippen LogP contribution < -0.4 is 5.32 Å². The molecular formula is C19H23FN2O4S. The molecule has 1 amide bonds.